The summed E-state index contributed by atoms with van der Waals surface area (Å²) in [7, 11) is 0. The highest BCUT2D eigenvalue weighted by atomic mass is 79.9. The normalized spacial score (nSPS) is 11.4. The van der Waals surface area contributed by atoms with E-state index in [0.717, 1.165) is 10.0 Å². The number of halogens is 4. The van der Waals surface area contributed by atoms with Gasteiger partial charge in [0.05, 0.1) is 0 Å². The Morgan fingerprint density at radius 1 is 1.00 bits per heavy atom. The van der Waals surface area contributed by atoms with Crippen molar-refractivity contribution in [3.63, 3.8) is 0 Å². The van der Waals surface area contributed by atoms with Crippen molar-refractivity contribution < 1.29 is 22.8 Å². The van der Waals surface area contributed by atoms with Crippen molar-refractivity contribution in [2.45, 2.75) is 12.7 Å². The Balaban J connectivity index is 1.84. The molecule has 0 fully saturated rings. The number of carbonyl (C=O) groups is 2. The van der Waals surface area contributed by atoms with E-state index in [-0.39, 0.29) is 18.1 Å². The van der Waals surface area contributed by atoms with Crippen LogP contribution in [0.4, 0.5) is 18.9 Å². The van der Waals surface area contributed by atoms with Crippen LogP contribution in [0, 0.1) is 0 Å². The molecule has 2 N–H and O–H groups in total. The van der Waals surface area contributed by atoms with Crippen LogP contribution in [0.1, 0.15) is 11.1 Å². The third kappa shape index (κ3) is 6.36. The fraction of sp³-hybridized carbons (Fsp3) is 0.111. The molecule has 0 spiro atoms. The Labute approximate surface area is 156 Å². The quantitative estimate of drug-likeness (QED) is 0.701. The van der Waals surface area contributed by atoms with Crippen molar-refractivity contribution in [3.05, 3.63) is 70.2 Å². The molecule has 26 heavy (non-hydrogen) atoms. The summed E-state index contributed by atoms with van der Waals surface area (Å²) in [6, 6.07) is 13.1. The Kier molecular flexibility index (Phi) is 6.57. The second kappa shape index (κ2) is 8.66. The molecule has 0 radical (unpaired) electrons. The lowest BCUT2D eigenvalue weighted by Crippen LogP contribution is -2.29. The first-order valence-electron chi connectivity index (χ1n) is 7.42. The minimum Gasteiger partial charge on any atom is -0.348 e. The van der Waals surface area contributed by atoms with Crippen molar-refractivity contribution in [2.75, 3.05) is 5.32 Å². The number of nitrogens with one attached hydrogen (secondary N) is 2. The average molecular weight is 427 g/mol. The molecular formula is C18H14BrF3N2O2. The summed E-state index contributed by atoms with van der Waals surface area (Å²) in [6.07, 6.45) is -1.88. The summed E-state index contributed by atoms with van der Waals surface area (Å²) in [5, 5.41) is 4.41. The number of anilines is 1. The molecule has 136 valence electrons. The summed E-state index contributed by atoms with van der Waals surface area (Å²) in [6.45, 7) is 0.205. The standard InChI is InChI=1S/C18H14BrF3N2O2/c19-14-6-1-12(2-7-14)5-10-16(25)23-11-13-3-8-15(9-4-13)24-17(26)18(20,21)22/h1-10H,11H2,(H,23,25)(H,24,26)/b10-5+. The Morgan fingerprint density at radius 3 is 2.19 bits per heavy atom. The van der Waals surface area contributed by atoms with Crippen LogP contribution in [0.2, 0.25) is 0 Å². The van der Waals surface area contributed by atoms with Gasteiger partial charge in [0.2, 0.25) is 5.91 Å². The summed E-state index contributed by atoms with van der Waals surface area (Å²) >= 11 is 3.32. The highest BCUT2D eigenvalue weighted by Crippen LogP contribution is 2.18. The van der Waals surface area contributed by atoms with Gasteiger partial charge in [0.25, 0.3) is 0 Å². The van der Waals surface area contributed by atoms with E-state index in [1.54, 1.807) is 11.4 Å². The maximum atomic E-state index is 12.2. The molecule has 8 heteroatoms. The molecule has 0 bridgehead atoms. The van der Waals surface area contributed by atoms with Gasteiger partial charge in [-0.1, -0.05) is 40.2 Å². The van der Waals surface area contributed by atoms with E-state index in [2.05, 4.69) is 21.2 Å². The zero-order chi connectivity index (χ0) is 19.2. The van der Waals surface area contributed by atoms with E-state index in [1.165, 1.54) is 30.3 Å². The number of rotatable bonds is 5. The molecule has 2 aromatic carbocycles. The van der Waals surface area contributed by atoms with Gasteiger partial charge in [-0.15, -0.1) is 0 Å². The second-order valence-corrected chi connectivity index (χ2v) is 6.17. The van der Waals surface area contributed by atoms with Gasteiger partial charge in [-0.25, -0.2) is 0 Å². The first-order chi connectivity index (χ1) is 12.2. The van der Waals surface area contributed by atoms with E-state index in [1.807, 2.05) is 24.3 Å². The van der Waals surface area contributed by atoms with Crippen LogP contribution >= 0.6 is 15.9 Å². The van der Waals surface area contributed by atoms with Crippen LogP contribution in [0.5, 0.6) is 0 Å². The smallest absolute Gasteiger partial charge is 0.348 e. The summed E-state index contributed by atoms with van der Waals surface area (Å²) in [4.78, 5) is 22.6. The molecule has 0 aliphatic rings. The number of carbonyl (C=O) groups excluding carboxylic acids is 2. The van der Waals surface area contributed by atoms with Gasteiger partial charge in [0.1, 0.15) is 0 Å². The van der Waals surface area contributed by atoms with Crippen LogP contribution in [-0.2, 0) is 16.1 Å². The van der Waals surface area contributed by atoms with Gasteiger partial charge in [-0.3, -0.25) is 9.59 Å². The zero-order valence-electron chi connectivity index (χ0n) is 13.3. The number of hydrogen-bond donors (Lipinski definition) is 2. The highest BCUT2D eigenvalue weighted by molar-refractivity contribution is 9.10. The first-order valence-corrected chi connectivity index (χ1v) is 8.22. The number of hydrogen-bond acceptors (Lipinski definition) is 2. The van der Waals surface area contributed by atoms with Crippen LogP contribution in [0.3, 0.4) is 0 Å². The van der Waals surface area contributed by atoms with Crippen LogP contribution in [-0.4, -0.2) is 18.0 Å². The number of benzene rings is 2. The predicted octanol–water partition coefficient (Wildman–Crippen LogP) is 4.28. The van der Waals surface area contributed by atoms with E-state index in [4.69, 9.17) is 0 Å². The van der Waals surface area contributed by atoms with Gasteiger partial charge < -0.3 is 10.6 Å². The van der Waals surface area contributed by atoms with Gasteiger partial charge in [-0.2, -0.15) is 13.2 Å². The lowest BCUT2D eigenvalue weighted by atomic mass is 10.2. The number of alkyl halides is 3. The van der Waals surface area contributed by atoms with Gasteiger partial charge in [0, 0.05) is 22.8 Å². The molecule has 0 saturated heterocycles. The SMILES string of the molecule is O=C(/C=C/c1ccc(Br)cc1)NCc1ccc(NC(=O)C(F)(F)F)cc1. The first kappa shape index (κ1) is 19.7. The minimum absolute atomic E-state index is 0.0255. The molecule has 2 rings (SSSR count). The Morgan fingerprint density at radius 2 is 1.62 bits per heavy atom. The van der Waals surface area contributed by atoms with Crippen LogP contribution in [0.15, 0.2) is 59.1 Å². The zero-order valence-corrected chi connectivity index (χ0v) is 14.9. The third-order valence-corrected chi connectivity index (χ3v) is 3.76. The molecule has 2 amide bonds. The van der Waals surface area contributed by atoms with Crippen LogP contribution in [0.25, 0.3) is 6.08 Å². The van der Waals surface area contributed by atoms with Crippen molar-refractivity contribution in [3.8, 4) is 0 Å². The van der Waals surface area contributed by atoms with E-state index in [9.17, 15) is 22.8 Å². The predicted molar refractivity (Wildman–Crippen MR) is 96.1 cm³/mol. The Bertz CT molecular complexity index is 801. The van der Waals surface area contributed by atoms with Crippen LogP contribution < -0.4 is 10.6 Å². The van der Waals surface area contributed by atoms with E-state index >= 15 is 0 Å². The molecule has 0 aliphatic heterocycles. The third-order valence-electron chi connectivity index (χ3n) is 3.23. The lowest BCUT2D eigenvalue weighted by Gasteiger charge is -2.08. The summed E-state index contributed by atoms with van der Waals surface area (Å²) < 4.78 is 37.4. The molecule has 0 saturated carbocycles. The molecular weight excluding hydrogens is 413 g/mol. The molecule has 0 aliphatic carbocycles. The van der Waals surface area contributed by atoms with Crippen molar-refractivity contribution in [1.29, 1.82) is 0 Å². The van der Waals surface area contributed by atoms with E-state index < -0.39 is 12.1 Å². The van der Waals surface area contributed by atoms with Gasteiger partial charge in [0.15, 0.2) is 0 Å². The van der Waals surface area contributed by atoms with Gasteiger partial charge >= 0.3 is 12.1 Å². The van der Waals surface area contributed by atoms with Crippen molar-refractivity contribution in [1.82, 2.24) is 5.32 Å². The Hall–Kier alpha value is -2.61. The maximum Gasteiger partial charge on any atom is 0.471 e. The largest absolute Gasteiger partial charge is 0.471 e. The molecule has 0 heterocycles. The van der Waals surface area contributed by atoms with Gasteiger partial charge in [-0.05, 0) is 41.5 Å². The lowest BCUT2D eigenvalue weighted by molar-refractivity contribution is -0.167. The fourth-order valence-electron chi connectivity index (χ4n) is 1.90. The number of amides is 2. The topological polar surface area (TPSA) is 58.2 Å². The minimum atomic E-state index is -4.94. The monoisotopic (exact) mass is 426 g/mol. The molecule has 4 nitrogen and oxygen atoms in total. The molecule has 2 aromatic rings. The maximum absolute atomic E-state index is 12.2. The molecule has 0 aromatic heterocycles. The fourth-order valence-corrected chi connectivity index (χ4v) is 2.17. The average Bonchev–Trinajstić information content (AvgIpc) is 2.60. The van der Waals surface area contributed by atoms with E-state index in [0.29, 0.717) is 5.56 Å². The van der Waals surface area contributed by atoms with Crippen molar-refractivity contribution in [2.24, 2.45) is 0 Å². The summed E-state index contributed by atoms with van der Waals surface area (Å²) in [5.74, 6) is -2.33. The molecule has 0 unspecified atom stereocenters. The summed E-state index contributed by atoms with van der Waals surface area (Å²) in [5.41, 5.74) is 1.58. The molecule has 0 atom stereocenters. The highest BCUT2D eigenvalue weighted by Gasteiger charge is 2.38. The van der Waals surface area contributed by atoms with Crippen molar-refractivity contribution >= 4 is 39.5 Å². The second-order valence-electron chi connectivity index (χ2n) is 5.25.